The smallest absolute Gasteiger partial charge is 0.0624 e. The molecule has 0 fully saturated rings. The third kappa shape index (κ3) is 3.45. The Kier molecular flexibility index (Phi) is 4.77. The molecule has 0 aliphatic carbocycles. The Hall–Kier alpha value is -1.13. The number of hydrogen-bond donors (Lipinski definition) is 1. The first kappa shape index (κ1) is 14.3. The number of halogens is 1. The van der Waals surface area contributed by atoms with Gasteiger partial charge in [-0.05, 0) is 43.1 Å². The largest absolute Gasteiger partial charge is 0.330 e. The van der Waals surface area contributed by atoms with Crippen molar-refractivity contribution in [1.29, 1.82) is 0 Å². The second-order valence-corrected chi connectivity index (χ2v) is 5.71. The maximum atomic E-state index is 5.94. The molecule has 3 nitrogen and oxygen atoms in total. The standard InChI is InChI=1S/C15H20BrN3/c1-3-14-9-15(19(2)18-14)8-12(10-17)11-4-6-13(16)7-5-11/h4-7,9,12H,3,8,10,17H2,1-2H3. The summed E-state index contributed by atoms with van der Waals surface area (Å²) in [5.41, 5.74) is 9.61. The molecule has 0 aliphatic heterocycles. The number of rotatable bonds is 5. The Bertz CT molecular complexity index is 531. The zero-order valence-electron chi connectivity index (χ0n) is 11.4. The Morgan fingerprint density at radius 2 is 2.00 bits per heavy atom. The van der Waals surface area contributed by atoms with E-state index in [1.165, 1.54) is 11.3 Å². The van der Waals surface area contributed by atoms with Crippen LogP contribution in [-0.4, -0.2) is 16.3 Å². The lowest BCUT2D eigenvalue weighted by molar-refractivity contribution is 0.628. The van der Waals surface area contributed by atoms with Crippen LogP contribution in [0.2, 0.25) is 0 Å². The zero-order valence-corrected chi connectivity index (χ0v) is 13.0. The first-order valence-corrected chi connectivity index (χ1v) is 7.40. The fourth-order valence-corrected chi connectivity index (χ4v) is 2.52. The quantitative estimate of drug-likeness (QED) is 0.919. The van der Waals surface area contributed by atoms with Gasteiger partial charge < -0.3 is 5.73 Å². The summed E-state index contributed by atoms with van der Waals surface area (Å²) in [5, 5.41) is 4.49. The normalized spacial score (nSPS) is 12.6. The third-order valence-corrected chi connectivity index (χ3v) is 4.00. The van der Waals surface area contributed by atoms with E-state index in [-0.39, 0.29) is 0 Å². The van der Waals surface area contributed by atoms with Crippen LogP contribution in [0.3, 0.4) is 0 Å². The molecule has 1 unspecified atom stereocenters. The van der Waals surface area contributed by atoms with Crippen molar-refractivity contribution in [3.63, 3.8) is 0 Å². The molecule has 19 heavy (non-hydrogen) atoms. The minimum Gasteiger partial charge on any atom is -0.330 e. The summed E-state index contributed by atoms with van der Waals surface area (Å²) in [6, 6.07) is 10.6. The molecule has 1 heterocycles. The highest BCUT2D eigenvalue weighted by Gasteiger charge is 2.14. The van der Waals surface area contributed by atoms with Gasteiger partial charge in [0, 0.05) is 23.1 Å². The van der Waals surface area contributed by atoms with E-state index in [2.05, 4.69) is 58.3 Å². The molecule has 0 radical (unpaired) electrons. The minimum absolute atomic E-state index is 0.341. The Morgan fingerprint density at radius 1 is 1.32 bits per heavy atom. The molecule has 1 aromatic heterocycles. The van der Waals surface area contributed by atoms with E-state index in [1.807, 2.05) is 11.7 Å². The number of nitrogens with zero attached hydrogens (tertiary/aromatic N) is 2. The van der Waals surface area contributed by atoms with Gasteiger partial charge in [-0.15, -0.1) is 0 Å². The molecule has 102 valence electrons. The second-order valence-electron chi connectivity index (χ2n) is 4.79. The van der Waals surface area contributed by atoms with Crippen LogP contribution < -0.4 is 5.73 Å². The van der Waals surface area contributed by atoms with Crippen LogP contribution in [0.4, 0.5) is 0 Å². The van der Waals surface area contributed by atoms with Crippen molar-refractivity contribution in [2.24, 2.45) is 12.8 Å². The van der Waals surface area contributed by atoms with Gasteiger partial charge in [-0.2, -0.15) is 5.10 Å². The predicted octanol–water partition coefficient (Wildman–Crippen LogP) is 3.03. The fraction of sp³-hybridized carbons (Fsp3) is 0.400. The lowest BCUT2D eigenvalue weighted by Crippen LogP contribution is -2.16. The number of nitrogens with two attached hydrogens (primary N) is 1. The van der Waals surface area contributed by atoms with Crippen LogP contribution in [0, 0.1) is 0 Å². The minimum atomic E-state index is 0.341. The van der Waals surface area contributed by atoms with Crippen molar-refractivity contribution in [3.05, 3.63) is 51.8 Å². The molecule has 0 bridgehead atoms. The summed E-state index contributed by atoms with van der Waals surface area (Å²) >= 11 is 3.46. The first-order valence-electron chi connectivity index (χ1n) is 6.61. The van der Waals surface area contributed by atoms with Crippen molar-refractivity contribution >= 4 is 15.9 Å². The Labute approximate surface area is 122 Å². The van der Waals surface area contributed by atoms with E-state index in [1.54, 1.807) is 0 Å². The molecule has 0 spiro atoms. The van der Waals surface area contributed by atoms with Gasteiger partial charge >= 0.3 is 0 Å². The predicted molar refractivity (Wildman–Crippen MR) is 82.2 cm³/mol. The molecule has 2 rings (SSSR count). The van der Waals surface area contributed by atoms with Crippen molar-refractivity contribution in [2.75, 3.05) is 6.54 Å². The summed E-state index contributed by atoms with van der Waals surface area (Å²) in [5.74, 6) is 0.341. The second kappa shape index (κ2) is 6.35. The summed E-state index contributed by atoms with van der Waals surface area (Å²) in [6.45, 7) is 2.77. The third-order valence-electron chi connectivity index (χ3n) is 3.47. The molecule has 4 heteroatoms. The molecule has 0 aliphatic rings. The summed E-state index contributed by atoms with van der Waals surface area (Å²) < 4.78 is 3.07. The highest BCUT2D eigenvalue weighted by molar-refractivity contribution is 9.10. The number of benzene rings is 1. The molecule has 2 N–H and O–H groups in total. The Morgan fingerprint density at radius 3 is 2.53 bits per heavy atom. The van der Waals surface area contributed by atoms with Crippen LogP contribution in [0.15, 0.2) is 34.8 Å². The van der Waals surface area contributed by atoms with Gasteiger partial charge in [-0.3, -0.25) is 4.68 Å². The van der Waals surface area contributed by atoms with E-state index in [9.17, 15) is 0 Å². The summed E-state index contributed by atoms with van der Waals surface area (Å²) in [7, 11) is 2.00. The molecular weight excluding hydrogens is 302 g/mol. The van der Waals surface area contributed by atoms with Gasteiger partial charge in [0.25, 0.3) is 0 Å². The highest BCUT2D eigenvalue weighted by atomic mass is 79.9. The molecule has 1 aromatic carbocycles. The van der Waals surface area contributed by atoms with Gasteiger partial charge in [0.15, 0.2) is 0 Å². The lowest BCUT2D eigenvalue weighted by Gasteiger charge is -2.15. The maximum absolute atomic E-state index is 5.94. The van der Waals surface area contributed by atoms with Crippen LogP contribution in [0.25, 0.3) is 0 Å². The monoisotopic (exact) mass is 321 g/mol. The van der Waals surface area contributed by atoms with Gasteiger partial charge in [-0.1, -0.05) is 35.0 Å². The highest BCUT2D eigenvalue weighted by Crippen LogP contribution is 2.22. The molecule has 1 atom stereocenters. The van der Waals surface area contributed by atoms with Crippen LogP contribution in [0.1, 0.15) is 29.8 Å². The van der Waals surface area contributed by atoms with Gasteiger partial charge in [0.2, 0.25) is 0 Å². The van der Waals surface area contributed by atoms with E-state index >= 15 is 0 Å². The van der Waals surface area contributed by atoms with Crippen LogP contribution in [0.5, 0.6) is 0 Å². The molecule has 2 aromatic rings. The first-order chi connectivity index (χ1) is 9.13. The number of aromatic nitrogens is 2. The van der Waals surface area contributed by atoms with Crippen molar-refractivity contribution < 1.29 is 0 Å². The van der Waals surface area contributed by atoms with Crippen molar-refractivity contribution in [1.82, 2.24) is 9.78 Å². The maximum Gasteiger partial charge on any atom is 0.0624 e. The molecule has 0 amide bonds. The zero-order chi connectivity index (χ0) is 13.8. The van der Waals surface area contributed by atoms with Gasteiger partial charge in [0.1, 0.15) is 0 Å². The average Bonchev–Trinajstić information content (AvgIpc) is 2.78. The summed E-state index contributed by atoms with van der Waals surface area (Å²) in [4.78, 5) is 0. The van der Waals surface area contributed by atoms with E-state index in [0.29, 0.717) is 12.5 Å². The SMILES string of the molecule is CCc1cc(CC(CN)c2ccc(Br)cc2)n(C)n1. The summed E-state index contributed by atoms with van der Waals surface area (Å²) in [6.07, 6.45) is 1.90. The van der Waals surface area contributed by atoms with E-state index in [0.717, 1.165) is 23.0 Å². The van der Waals surface area contributed by atoms with E-state index in [4.69, 9.17) is 5.73 Å². The average molecular weight is 322 g/mol. The fourth-order valence-electron chi connectivity index (χ4n) is 2.26. The number of hydrogen-bond acceptors (Lipinski definition) is 2. The molecule has 0 saturated carbocycles. The number of aryl methyl sites for hydroxylation is 2. The van der Waals surface area contributed by atoms with Crippen molar-refractivity contribution in [2.45, 2.75) is 25.7 Å². The lowest BCUT2D eigenvalue weighted by atomic mass is 9.94. The van der Waals surface area contributed by atoms with Crippen LogP contribution >= 0.6 is 15.9 Å². The van der Waals surface area contributed by atoms with Gasteiger partial charge in [0.05, 0.1) is 5.69 Å². The topological polar surface area (TPSA) is 43.8 Å². The Balaban J connectivity index is 2.18. The molecule has 0 saturated heterocycles. The molecular formula is C15H20BrN3. The van der Waals surface area contributed by atoms with Crippen LogP contribution in [-0.2, 0) is 19.9 Å². The van der Waals surface area contributed by atoms with Gasteiger partial charge in [-0.25, -0.2) is 0 Å². The van der Waals surface area contributed by atoms with Crippen molar-refractivity contribution in [3.8, 4) is 0 Å². The van der Waals surface area contributed by atoms with E-state index < -0.39 is 0 Å².